The molecule has 1 aromatic rings. The van der Waals surface area contributed by atoms with Gasteiger partial charge in [0.25, 0.3) is 0 Å². The topological polar surface area (TPSA) is 46.0 Å². The van der Waals surface area contributed by atoms with Gasteiger partial charge >= 0.3 is 0 Å². The predicted molar refractivity (Wildman–Crippen MR) is 86.1 cm³/mol. The molecule has 1 aromatic heterocycles. The van der Waals surface area contributed by atoms with Gasteiger partial charge in [-0.2, -0.15) is 0 Å². The molecule has 1 fully saturated rings. The van der Waals surface area contributed by atoms with Crippen molar-refractivity contribution in [1.29, 1.82) is 0 Å². The van der Waals surface area contributed by atoms with E-state index in [4.69, 9.17) is 0 Å². The summed E-state index contributed by atoms with van der Waals surface area (Å²) in [7, 11) is 0. The Hall–Kier alpha value is -0.940. The maximum atomic E-state index is 4.25. The molecule has 1 aliphatic heterocycles. The van der Waals surface area contributed by atoms with Gasteiger partial charge in [0.2, 0.25) is 0 Å². The van der Waals surface area contributed by atoms with Crippen LogP contribution in [0.2, 0.25) is 0 Å². The molecule has 0 aromatic carbocycles. The van der Waals surface area contributed by atoms with E-state index in [0.29, 0.717) is 12.0 Å². The molecule has 1 aliphatic rings. The number of aromatic nitrogens is 3. The number of hydrogen-bond acceptors (Lipinski definition) is 4. The quantitative estimate of drug-likeness (QED) is 0.838. The van der Waals surface area contributed by atoms with E-state index in [-0.39, 0.29) is 0 Å². The molecule has 1 atom stereocenters. The molecule has 0 amide bonds. The zero-order valence-corrected chi connectivity index (χ0v) is 13.9. The van der Waals surface area contributed by atoms with Crippen molar-refractivity contribution in [2.24, 2.45) is 5.92 Å². The molecule has 1 unspecified atom stereocenters. The lowest BCUT2D eigenvalue weighted by molar-refractivity contribution is 0.202. The zero-order chi connectivity index (χ0) is 15.1. The van der Waals surface area contributed by atoms with Gasteiger partial charge in [0.05, 0.1) is 12.2 Å². The fraction of sp³-hybridized carbons (Fsp3) is 0.875. The minimum absolute atomic E-state index is 0.671. The second-order valence-electron chi connectivity index (χ2n) is 6.73. The van der Waals surface area contributed by atoms with Gasteiger partial charge in [0.15, 0.2) is 0 Å². The third-order valence-electron chi connectivity index (χ3n) is 4.25. The van der Waals surface area contributed by atoms with Crippen LogP contribution in [-0.2, 0) is 13.1 Å². The minimum atomic E-state index is 0.671. The molecule has 0 aliphatic carbocycles. The molecule has 120 valence electrons. The van der Waals surface area contributed by atoms with Gasteiger partial charge in [0, 0.05) is 25.3 Å². The Bertz CT molecular complexity index is 401. The Balaban J connectivity index is 1.74. The van der Waals surface area contributed by atoms with Gasteiger partial charge in [-0.15, -0.1) is 5.10 Å². The second-order valence-corrected chi connectivity index (χ2v) is 6.73. The van der Waals surface area contributed by atoms with E-state index in [2.05, 4.69) is 47.5 Å². The lowest BCUT2D eigenvalue weighted by Crippen LogP contribution is -2.35. The van der Waals surface area contributed by atoms with Crippen molar-refractivity contribution >= 4 is 0 Å². The highest BCUT2D eigenvalue weighted by Gasteiger charge is 2.16. The number of nitrogens with zero attached hydrogens (tertiary/aromatic N) is 4. The van der Waals surface area contributed by atoms with Crippen LogP contribution in [0.1, 0.15) is 52.1 Å². The minimum Gasteiger partial charge on any atom is -0.311 e. The first-order valence-corrected chi connectivity index (χ1v) is 8.49. The van der Waals surface area contributed by atoms with Crippen LogP contribution in [0.15, 0.2) is 6.20 Å². The molecule has 1 N–H and O–H groups in total. The van der Waals surface area contributed by atoms with Gasteiger partial charge < -0.3 is 5.32 Å². The summed E-state index contributed by atoms with van der Waals surface area (Å²) in [6.45, 7) is 11.9. The van der Waals surface area contributed by atoms with Gasteiger partial charge in [0.1, 0.15) is 0 Å². The van der Waals surface area contributed by atoms with Crippen molar-refractivity contribution < 1.29 is 0 Å². The molecule has 0 radical (unpaired) electrons. The predicted octanol–water partition coefficient (Wildman–Crippen LogP) is 2.29. The number of nitrogens with one attached hydrogen (secondary N) is 1. The highest BCUT2D eigenvalue weighted by atomic mass is 15.4. The van der Waals surface area contributed by atoms with Crippen molar-refractivity contribution in [3.8, 4) is 0 Å². The van der Waals surface area contributed by atoms with Crippen LogP contribution >= 0.6 is 0 Å². The summed E-state index contributed by atoms with van der Waals surface area (Å²) in [5.41, 5.74) is 1.04. The monoisotopic (exact) mass is 293 g/mol. The van der Waals surface area contributed by atoms with Crippen molar-refractivity contribution in [2.45, 2.75) is 65.6 Å². The summed E-state index contributed by atoms with van der Waals surface area (Å²) >= 11 is 0. The maximum absolute atomic E-state index is 4.25. The average Bonchev–Trinajstić information content (AvgIpc) is 2.79. The van der Waals surface area contributed by atoms with E-state index in [9.17, 15) is 0 Å². The fourth-order valence-corrected chi connectivity index (χ4v) is 2.92. The maximum Gasteiger partial charge on any atom is 0.0964 e. The Morgan fingerprint density at radius 2 is 2.14 bits per heavy atom. The van der Waals surface area contributed by atoms with E-state index in [0.717, 1.165) is 31.9 Å². The van der Waals surface area contributed by atoms with Gasteiger partial charge in [-0.3, -0.25) is 9.58 Å². The summed E-state index contributed by atoms with van der Waals surface area (Å²) in [5.74, 6) is 0.671. The Morgan fingerprint density at radius 3 is 2.95 bits per heavy atom. The van der Waals surface area contributed by atoms with Crippen LogP contribution in [0.4, 0.5) is 0 Å². The van der Waals surface area contributed by atoms with Gasteiger partial charge in [-0.25, -0.2) is 0 Å². The van der Waals surface area contributed by atoms with Gasteiger partial charge in [-0.1, -0.05) is 31.9 Å². The summed E-state index contributed by atoms with van der Waals surface area (Å²) in [5, 5.41) is 11.9. The van der Waals surface area contributed by atoms with Crippen LogP contribution < -0.4 is 5.32 Å². The summed E-state index contributed by atoms with van der Waals surface area (Å²) in [6.07, 6.45) is 7.52. The SMILES string of the molecule is CC(C)CNCc1cn(CCN2CCCCCC2C)nn1. The molecule has 5 nitrogen and oxygen atoms in total. The third kappa shape index (κ3) is 5.75. The van der Waals surface area contributed by atoms with Crippen LogP contribution in [-0.4, -0.2) is 45.6 Å². The first-order chi connectivity index (χ1) is 10.1. The number of likely N-dealkylation sites (tertiary alicyclic amines) is 1. The standard InChI is InChI=1S/C16H31N5/c1-14(2)11-17-12-16-13-21(19-18-16)10-9-20-8-6-4-5-7-15(20)3/h13-15,17H,4-12H2,1-3H3. The first-order valence-electron chi connectivity index (χ1n) is 8.49. The Labute approximate surface area is 129 Å². The highest BCUT2D eigenvalue weighted by Crippen LogP contribution is 2.15. The molecule has 2 rings (SSSR count). The summed E-state index contributed by atoms with van der Waals surface area (Å²) in [6, 6.07) is 0.711. The number of hydrogen-bond donors (Lipinski definition) is 1. The first kappa shape index (κ1) is 16.4. The third-order valence-corrected chi connectivity index (χ3v) is 4.25. The zero-order valence-electron chi connectivity index (χ0n) is 13.9. The van der Waals surface area contributed by atoms with E-state index < -0.39 is 0 Å². The van der Waals surface area contributed by atoms with Crippen molar-refractivity contribution in [3.05, 3.63) is 11.9 Å². The van der Waals surface area contributed by atoms with E-state index >= 15 is 0 Å². The molecule has 1 saturated heterocycles. The number of rotatable bonds is 7. The van der Waals surface area contributed by atoms with Gasteiger partial charge in [-0.05, 0) is 38.8 Å². The van der Waals surface area contributed by atoms with Crippen molar-refractivity contribution in [2.75, 3.05) is 19.6 Å². The molecule has 5 heteroatoms. The van der Waals surface area contributed by atoms with Crippen LogP contribution in [0.3, 0.4) is 0 Å². The summed E-state index contributed by atoms with van der Waals surface area (Å²) in [4.78, 5) is 2.60. The smallest absolute Gasteiger partial charge is 0.0964 e. The van der Waals surface area contributed by atoms with Crippen LogP contribution in [0.5, 0.6) is 0 Å². The Morgan fingerprint density at radius 1 is 1.29 bits per heavy atom. The normalized spacial score (nSPS) is 20.9. The van der Waals surface area contributed by atoms with Crippen molar-refractivity contribution in [3.63, 3.8) is 0 Å². The van der Waals surface area contributed by atoms with E-state index in [1.54, 1.807) is 0 Å². The molecule has 2 heterocycles. The average molecular weight is 293 g/mol. The lowest BCUT2D eigenvalue weighted by Gasteiger charge is -2.26. The molecule has 21 heavy (non-hydrogen) atoms. The second kappa shape index (κ2) is 8.49. The molecule has 0 bridgehead atoms. The molecule has 0 spiro atoms. The molecule has 0 saturated carbocycles. The van der Waals surface area contributed by atoms with Crippen LogP contribution in [0.25, 0.3) is 0 Å². The largest absolute Gasteiger partial charge is 0.311 e. The van der Waals surface area contributed by atoms with E-state index in [1.165, 1.54) is 32.2 Å². The molecular weight excluding hydrogens is 262 g/mol. The van der Waals surface area contributed by atoms with E-state index in [1.807, 2.05) is 4.68 Å². The fourth-order valence-electron chi connectivity index (χ4n) is 2.92. The highest BCUT2D eigenvalue weighted by molar-refractivity contribution is 4.91. The summed E-state index contributed by atoms with van der Waals surface area (Å²) < 4.78 is 1.99. The van der Waals surface area contributed by atoms with Crippen molar-refractivity contribution in [1.82, 2.24) is 25.2 Å². The lowest BCUT2D eigenvalue weighted by atomic mass is 10.1. The molecular formula is C16H31N5. The van der Waals surface area contributed by atoms with Crippen LogP contribution in [0, 0.1) is 5.92 Å². The Kier molecular flexibility index (Phi) is 6.64.